The van der Waals surface area contributed by atoms with E-state index in [9.17, 15) is 9.90 Å². The molecule has 0 bridgehead atoms. The lowest BCUT2D eigenvalue weighted by atomic mass is 10.2. The van der Waals surface area contributed by atoms with Gasteiger partial charge in [-0.3, -0.25) is 9.78 Å². The number of hydrogen-bond donors (Lipinski definition) is 2. The first kappa shape index (κ1) is 12.8. The molecule has 0 saturated carbocycles. The van der Waals surface area contributed by atoms with E-state index >= 15 is 0 Å². The van der Waals surface area contributed by atoms with E-state index in [-0.39, 0.29) is 18.6 Å². The summed E-state index contributed by atoms with van der Waals surface area (Å²) in [5, 5.41) is 12.2. The molecule has 1 saturated heterocycles. The van der Waals surface area contributed by atoms with Crippen molar-refractivity contribution in [2.45, 2.75) is 6.04 Å². The van der Waals surface area contributed by atoms with Crippen molar-refractivity contribution in [3.63, 3.8) is 0 Å². The van der Waals surface area contributed by atoms with Gasteiger partial charge < -0.3 is 20.1 Å². The van der Waals surface area contributed by atoms with Gasteiger partial charge in [-0.05, 0) is 12.1 Å². The predicted molar refractivity (Wildman–Crippen MR) is 66.5 cm³/mol. The number of morpholine rings is 1. The van der Waals surface area contributed by atoms with Crippen molar-refractivity contribution in [2.24, 2.45) is 0 Å². The summed E-state index contributed by atoms with van der Waals surface area (Å²) in [4.78, 5) is 18.0. The van der Waals surface area contributed by atoms with E-state index < -0.39 is 0 Å². The quantitative estimate of drug-likeness (QED) is 0.788. The van der Waals surface area contributed by atoms with Crippen LogP contribution in [0.15, 0.2) is 18.3 Å². The molecular formula is C12H17N3O3. The van der Waals surface area contributed by atoms with Gasteiger partial charge in [0.05, 0.1) is 25.9 Å². The minimum absolute atomic E-state index is 0.0997. The van der Waals surface area contributed by atoms with Crippen LogP contribution in [0.4, 0.5) is 5.69 Å². The molecule has 1 unspecified atom stereocenters. The van der Waals surface area contributed by atoms with Crippen LogP contribution in [0.3, 0.4) is 0 Å². The van der Waals surface area contributed by atoms with Crippen LogP contribution >= 0.6 is 0 Å². The van der Waals surface area contributed by atoms with E-state index in [2.05, 4.69) is 10.3 Å². The molecule has 1 amide bonds. The zero-order valence-electron chi connectivity index (χ0n) is 10.3. The molecule has 98 valence electrons. The number of pyridine rings is 1. The number of aliphatic hydroxyl groups excluding tert-OH is 1. The Balaban J connectivity index is 2.18. The molecule has 2 rings (SSSR count). The Morgan fingerprint density at radius 1 is 1.72 bits per heavy atom. The lowest BCUT2D eigenvalue weighted by molar-refractivity contribution is -0.0186. The van der Waals surface area contributed by atoms with Crippen molar-refractivity contribution in [1.82, 2.24) is 9.88 Å². The molecule has 6 heteroatoms. The third-order valence-electron chi connectivity index (χ3n) is 2.97. The Morgan fingerprint density at radius 3 is 3.28 bits per heavy atom. The minimum Gasteiger partial charge on any atom is -0.394 e. The van der Waals surface area contributed by atoms with Crippen LogP contribution in [0, 0.1) is 0 Å². The van der Waals surface area contributed by atoms with Gasteiger partial charge in [-0.25, -0.2) is 0 Å². The molecule has 6 nitrogen and oxygen atoms in total. The first-order chi connectivity index (χ1) is 8.76. The van der Waals surface area contributed by atoms with E-state index in [1.807, 2.05) is 0 Å². The van der Waals surface area contributed by atoms with E-state index in [1.54, 1.807) is 30.3 Å². The van der Waals surface area contributed by atoms with Crippen molar-refractivity contribution >= 4 is 11.6 Å². The second-order valence-electron chi connectivity index (χ2n) is 4.09. The summed E-state index contributed by atoms with van der Waals surface area (Å²) >= 11 is 0. The molecule has 1 atom stereocenters. The lowest BCUT2D eigenvalue weighted by Gasteiger charge is -2.34. The van der Waals surface area contributed by atoms with Crippen molar-refractivity contribution in [1.29, 1.82) is 0 Å². The molecule has 18 heavy (non-hydrogen) atoms. The van der Waals surface area contributed by atoms with Crippen LogP contribution in [0.25, 0.3) is 0 Å². The van der Waals surface area contributed by atoms with Crippen LogP contribution < -0.4 is 5.32 Å². The number of aromatic nitrogens is 1. The van der Waals surface area contributed by atoms with Gasteiger partial charge in [-0.15, -0.1) is 0 Å². The Labute approximate surface area is 106 Å². The SMILES string of the molecule is CNc1ccnc(C(=O)N2CCOCC2CO)c1. The summed E-state index contributed by atoms with van der Waals surface area (Å²) in [6.45, 7) is 1.24. The van der Waals surface area contributed by atoms with E-state index in [1.165, 1.54) is 0 Å². The topological polar surface area (TPSA) is 74.7 Å². The minimum atomic E-state index is -0.286. The maximum absolute atomic E-state index is 12.3. The number of ether oxygens (including phenoxy) is 1. The van der Waals surface area contributed by atoms with E-state index in [0.717, 1.165) is 5.69 Å². The lowest BCUT2D eigenvalue weighted by Crippen LogP contribution is -2.50. The van der Waals surface area contributed by atoms with Gasteiger partial charge in [-0.1, -0.05) is 0 Å². The smallest absolute Gasteiger partial charge is 0.273 e. The predicted octanol–water partition coefficient (Wildman–Crippen LogP) is -0.0434. The largest absolute Gasteiger partial charge is 0.394 e. The third kappa shape index (κ3) is 2.60. The number of nitrogens with one attached hydrogen (secondary N) is 1. The van der Waals surface area contributed by atoms with Crippen molar-refractivity contribution in [3.05, 3.63) is 24.0 Å². The van der Waals surface area contributed by atoms with Crippen molar-refractivity contribution < 1.29 is 14.6 Å². The zero-order chi connectivity index (χ0) is 13.0. The normalized spacial score (nSPS) is 19.7. The van der Waals surface area contributed by atoms with Crippen molar-refractivity contribution in [3.8, 4) is 0 Å². The zero-order valence-corrected chi connectivity index (χ0v) is 10.3. The number of carbonyl (C=O) groups is 1. The summed E-state index contributed by atoms with van der Waals surface area (Å²) in [6.07, 6.45) is 1.59. The number of aliphatic hydroxyl groups is 1. The third-order valence-corrected chi connectivity index (χ3v) is 2.97. The Kier molecular flexibility index (Phi) is 4.11. The molecule has 0 aliphatic carbocycles. The Hall–Kier alpha value is -1.66. The number of hydrogen-bond acceptors (Lipinski definition) is 5. The van der Waals surface area contributed by atoms with Crippen LogP contribution in [-0.2, 0) is 4.74 Å². The molecule has 1 aromatic rings. The fourth-order valence-corrected chi connectivity index (χ4v) is 1.92. The highest BCUT2D eigenvalue weighted by Crippen LogP contribution is 2.13. The number of anilines is 1. The number of amides is 1. The summed E-state index contributed by atoms with van der Waals surface area (Å²) in [5.41, 5.74) is 1.21. The molecular weight excluding hydrogens is 234 g/mol. The fourth-order valence-electron chi connectivity index (χ4n) is 1.92. The van der Waals surface area contributed by atoms with Gasteiger partial charge >= 0.3 is 0 Å². The first-order valence-electron chi connectivity index (χ1n) is 5.89. The molecule has 0 spiro atoms. The maximum Gasteiger partial charge on any atom is 0.273 e. The second kappa shape index (κ2) is 5.79. The van der Waals surface area contributed by atoms with Crippen LogP contribution in [0.2, 0.25) is 0 Å². The van der Waals surface area contributed by atoms with E-state index in [4.69, 9.17) is 4.74 Å². The summed E-state index contributed by atoms with van der Waals surface area (Å²) < 4.78 is 5.25. The summed E-state index contributed by atoms with van der Waals surface area (Å²) in [5.74, 6) is -0.172. The average Bonchev–Trinajstić information content (AvgIpc) is 2.46. The van der Waals surface area contributed by atoms with Gasteiger partial charge in [0.15, 0.2) is 0 Å². The number of carbonyl (C=O) groups excluding carboxylic acids is 1. The number of rotatable bonds is 3. The van der Waals surface area contributed by atoms with Crippen LogP contribution in [0.1, 0.15) is 10.5 Å². The molecule has 1 aromatic heterocycles. The molecule has 2 heterocycles. The number of nitrogens with zero attached hydrogens (tertiary/aromatic N) is 2. The Morgan fingerprint density at radius 2 is 2.56 bits per heavy atom. The second-order valence-corrected chi connectivity index (χ2v) is 4.09. The van der Waals surface area contributed by atoms with Gasteiger partial charge in [-0.2, -0.15) is 0 Å². The molecule has 1 aliphatic rings. The highest BCUT2D eigenvalue weighted by atomic mass is 16.5. The maximum atomic E-state index is 12.3. The fraction of sp³-hybridized carbons (Fsp3) is 0.500. The molecule has 0 aromatic carbocycles. The molecule has 1 aliphatic heterocycles. The van der Waals surface area contributed by atoms with Gasteiger partial charge in [0.2, 0.25) is 0 Å². The first-order valence-corrected chi connectivity index (χ1v) is 5.89. The molecule has 2 N–H and O–H groups in total. The highest BCUT2D eigenvalue weighted by molar-refractivity contribution is 5.93. The van der Waals surface area contributed by atoms with Crippen LogP contribution in [-0.4, -0.2) is 60.4 Å². The highest BCUT2D eigenvalue weighted by Gasteiger charge is 2.28. The van der Waals surface area contributed by atoms with Gasteiger partial charge in [0, 0.05) is 25.5 Å². The summed E-state index contributed by atoms with van der Waals surface area (Å²) in [6, 6.07) is 3.21. The van der Waals surface area contributed by atoms with E-state index in [0.29, 0.717) is 25.5 Å². The van der Waals surface area contributed by atoms with Gasteiger partial charge in [0.1, 0.15) is 5.69 Å². The van der Waals surface area contributed by atoms with Crippen molar-refractivity contribution in [2.75, 3.05) is 38.7 Å². The molecule has 0 radical (unpaired) electrons. The average molecular weight is 251 g/mol. The van der Waals surface area contributed by atoms with Crippen LogP contribution in [0.5, 0.6) is 0 Å². The van der Waals surface area contributed by atoms with Gasteiger partial charge in [0.25, 0.3) is 5.91 Å². The Bertz CT molecular complexity index is 425. The molecule has 1 fully saturated rings. The monoisotopic (exact) mass is 251 g/mol. The standard InChI is InChI=1S/C12H17N3O3/c1-13-9-2-3-14-11(6-9)12(17)15-4-5-18-8-10(15)7-16/h2-3,6,10,16H,4-5,7-8H2,1H3,(H,13,14). The summed E-state index contributed by atoms with van der Waals surface area (Å²) in [7, 11) is 1.79.